The van der Waals surface area contributed by atoms with Crippen molar-refractivity contribution in [2.75, 3.05) is 13.1 Å². The molecule has 1 saturated heterocycles. The third kappa shape index (κ3) is 3.50. The minimum Gasteiger partial charge on any atom is -0.390 e. The van der Waals surface area contributed by atoms with Crippen LogP contribution in [0.4, 0.5) is 0 Å². The van der Waals surface area contributed by atoms with Crippen LogP contribution in [0.3, 0.4) is 0 Å². The van der Waals surface area contributed by atoms with E-state index in [1.807, 2.05) is 11.8 Å². The molecule has 2 rings (SSSR count). The molecule has 0 aromatic rings. The molecule has 0 aromatic carbocycles. The van der Waals surface area contributed by atoms with Crippen molar-refractivity contribution in [1.29, 1.82) is 0 Å². The Bertz CT molecular complexity index is 336. The Balaban J connectivity index is 2.02. The molecular formula is C16H29NO2. The third-order valence-electron chi connectivity index (χ3n) is 5.18. The lowest BCUT2D eigenvalue weighted by Gasteiger charge is -2.40. The van der Waals surface area contributed by atoms with Gasteiger partial charge in [-0.2, -0.15) is 0 Å². The van der Waals surface area contributed by atoms with Crippen LogP contribution >= 0.6 is 0 Å². The fourth-order valence-corrected chi connectivity index (χ4v) is 3.66. The molecule has 1 aliphatic heterocycles. The molecule has 2 unspecified atom stereocenters. The van der Waals surface area contributed by atoms with Crippen molar-refractivity contribution >= 4 is 5.91 Å². The highest BCUT2D eigenvalue weighted by Crippen LogP contribution is 2.41. The first-order valence-electron chi connectivity index (χ1n) is 7.83. The minimum absolute atomic E-state index is 0.143. The van der Waals surface area contributed by atoms with Crippen LogP contribution in [0.1, 0.15) is 65.7 Å². The van der Waals surface area contributed by atoms with Crippen LogP contribution in [-0.2, 0) is 4.79 Å². The van der Waals surface area contributed by atoms with Crippen molar-refractivity contribution in [1.82, 2.24) is 4.90 Å². The molecule has 2 aliphatic rings. The average molecular weight is 267 g/mol. The van der Waals surface area contributed by atoms with Crippen molar-refractivity contribution < 1.29 is 9.90 Å². The Labute approximate surface area is 117 Å². The van der Waals surface area contributed by atoms with Gasteiger partial charge < -0.3 is 10.0 Å². The molecule has 1 aliphatic carbocycles. The maximum Gasteiger partial charge on any atom is 0.226 e. The second kappa shape index (κ2) is 5.43. The molecule has 0 spiro atoms. The van der Waals surface area contributed by atoms with Gasteiger partial charge in [0.2, 0.25) is 5.91 Å². The van der Waals surface area contributed by atoms with E-state index in [9.17, 15) is 9.90 Å². The number of nitrogens with zero attached hydrogens (tertiary/aromatic N) is 1. The number of rotatable bonds is 1. The Kier molecular flexibility index (Phi) is 4.24. The number of aliphatic hydroxyl groups is 1. The lowest BCUT2D eigenvalue weighted by molar-refractivity contribution is -0.141. The number of carbonyl (C=O) groups is 1. The van der Waals surface area contributed by atoms with Gasteiger partial charge in [-0.1, -0.05) is 26.7 Å². The first-order chi connectivity index (χ1) is 8.82. The zero-order chi connectivity index (χ0) is 14.1. The van der Waals surface area contributed by atoms with Gasteiger partial charge >= 0.3 is 0 Å². The van der Waals surface area contributed by atoms with Gasteiger partial charge in [0.25, 0.3) is 0 Å². The molecular weight excluding hydrogens is 238 g/mol. The lowest BCUT2D eigenvalue weighted by Crippen LogP contribution is -2.44. The van der Waals surface area contributed by atoms with Crippen LogP contribution < -0.4 is 0 Å². The van der Waals surface area contributed by atoms with Crippen LogP contribution in [0, 0.1) is 11.3 Å². The van der Waals surface area contributed by atoms with E-state index < -0.39 is 5.60 Å². The SMILES string of the molecule is CC1(O)CCCN(C(=O)C2CCCCC2(C)C)CC1. The van der Waals surface area contributed by atoms with Gasteiger partial charge in [-0.25, -0.2) is 0 Å². The summed E-state index contributed by atoms with van der Waals surface area (Å²) in [5, 5.41) is 10.1. The van der Waals surface area contributed by atoms with Crippen molar-refractivity contribution in [2.24, 2.45) is 11.3 Å². The van der Waals surface area contributed by atoms with Crippen LogP contribution in [0.5, 0.6) is 0 Å². The molecule has 3 heteroatoms. The normalized spacial score (nSPS) is 35.8. The smallest absolute Gasteiger partial charge is 0.226 e. The van der Waals surface area contributed by atoms with E-state index in [0.29, 0.717) is 12.3 Å². The highest BCUT2D eigenvalue weighted by molar-refractivity contribution is 5.79. The Morgan fingerprint density at radius 3 is 2.47 bits per heavy atom. The first-order valence-corrected chi connectivity index (χ1v) is 7.83. The van der Waals surface area contributed by atoms with Gasteiger partial charge in [0.15, 0.2) is 0 Å². The van der Waals surface area contributed by atoms with E-state index in [1.165, 1.54) is 12.8 Å². The zero-order valence-corrected chi connectivity index (χ0v) is 12.7. The molecule has 2 fully saturated rings. The lowest BCUT2D eigenvalue weighted by atomic mass is 9.68. The molecule has 1 amide bonds. The Morgan fingerprint density at radius 2 is 1.79 bits per heavy atom. The van der Waals surface area contributed by atoms with Crippen molar-refractivity contribution in [3.05, 3.63) is 0 Å². The van der Waals surface area contributed by atoms with Gasteiger partial charge in [-0.3, -0.25) is 4.79 Å². The Morgan fingerprint density at radius 1 is 1.05 bits per heavy atom. The number of likely N-dealkylation sites (tertiary alicyclic amines) is 1. The van der Waals surface area contributed by atoms with Crippen molar-refractivity contribution in [2.45, 2.75) is 71.3 Å². The molecule has 1 heterocycles. The molecule has 0 aromatic heterocycles. The molecule has 3 nitrogen and oxygen atoms in total. The van der Waals surface area contributed by atoms with E-state index >= 15 is 0 Å². The summed E-state index contributed by atoms with van der Waals surface area (Å²) >= 11 is 0. The molecule has 0 radical (unpaired) electrons. The number of amides is 1. The molecule has 0 bridgehead atoms. The average Bonchev–Trinajstić information content (AvgIpc) is 2.49. The Hall–Kier alpha value is -0.570. The summed E-state index contributed by atoms with van der Waals surface area (Å²) in [6.07, 6.45) is 7.09. The summed E-state index contributed by atoms with van der Waals surface area (Å²) in [4.78, 5) is 14.8. The van der Waals surface area contributed by atoms with Gasteiger partial charge in [0.05, 0.1) is 5.60 Å². The summed E-state index contributed by atoms with van der Waals surface area (Å²) in [7, 11) is 0. The second-order valence-corrected chi connectivity index (χ2v) is 7.46. The molecule has 110 valence electrons. The summed E-state index contributed by atoms with van der Waals surface area (Å²) in [5.74, 6) is 0.520. The molecule has 19 heavy (non-hydrogen) atoms. The fourth-order valence-electron chi connectivity index (χ4n) is 3.66. The van der Waals surface area contributed by atoms with Crippen LogP contribution in [-0.4, -0.2) is 34.6 Å². The fraction of sp³-hybridized carbons (Fsp3) is 0.938. The third-order valence-corrected chi connectivity index (χ3v) is 5.18. The van der Waals surface area contributed by atoms with Crippen molar-refractivity contribution in [3.8, 4) is 0 Å². The molecule has 2 atom stereocenters. The van der Waals surface area contributed by atoms with E-state index in [-0.39, 0.29) is 11.3 Å². The number of hydrogen-bond acceptors (Lipinski definition) is 2. The quantitative estimate of drug-likeness (QED) is 0.793. The monoisotopic (exact) mass is 267 g/mol. The maximum absolute atomic E-state index is 12.8. The van der Waals surface area contributed by atoms with Crippen LogP contribution in [0.2, 0.25) is 0 Å². The summed E-state index contributed by atoms with van der Waals surface area (Å²) < 4.78 is 0. The number of carbonyl (C=O) groups excluding carboxylic acids is 1. The maximum atomic E-state index is 12.8. The van der Waals surface area contributed by atoms with E-state index in [1.54, 1.807) is 0 Å². The van der Waals surface area contributed by atoms with E-state index in [2.05, 4.69) is 13.8 Å². The summed E-state index contributed by atoms with van der Waals surface area (Å²) in [6, 6.07) is 0. The minimum atomic E-state index is -0.586. The van der Waals surface area contributed by atoms with Gasteiger partial charge in [0.1, 0.15) is 0 Å². The predicted octanol–water partition coefficient (Wildman–Crippen LogP) is 2.97. The first kappa shape index (κ1) is 14.8. The van der Waals surface area contributed by atoms with E-state index in [0.717, 1.165) is 38.8 Å². The molecule has 1 saturated carbocycles. The van der Waals surface area contributed by atoms with Gasteiger partial charge in [-0.05, 0) is 44.4 Å². The van der Waals surface area contributed by atoms with Gasteiger partial charge in [-0.15, -0.1) is 0 Å². The van der Waals surface area contributed by atoms with E-state index in [4.69, 9.17) is 0 Å². The highest BCUT2D eigenvalue weighted by Gasteiger charge is 2.40. The largest absolute Gasteiger partial charge is 0.390 e. The van der Waals surface area contributed by atoms with Gasteiger partial charge in [0, 0.05) is 19.0 Å². The standard InChI is InChI=1S/C16H29NO2/c1-15(2)8-5-4-7-13(15)14(18)17-11-6-9-16(3,19)10-12-17/h13,19H,4-12H2,1-3H3. The highest BCUT2D eigenvalue weighted by atomic mass is 16.3. The number of hydrogen-bond donors (Lipinski definition) is 1. The molecule has 1 N–H and O–H groups in total. The predicted molar refractivity (Wildman–Crippen MR) is 76.8 cm³/mol. The topological polar surface area (TPSA) is 40.5 Å². The van der Waals surface area contributed by atoms with Crippen LogP contribution in [0.25, 0.3) is 0 Å². The zero-order valence-electron chi connectivity index (χ0n) is 12.7. The summed E-state index contributed by atoms with van der Waals surface area (Å²) in [6.45, 7) is 7.91. The van der Waals surface area contributed by atoms with Crippen LogP contribution in [0.15, 0.2) is 0 Å². The second-order valence-electron chi connectivity index (χ2n) is 7.46. The van der Waals surface area contributed by atoms with Crippen molar-refractivity contribution in [3.63, 3.8) is 0 Å². The summed E-state index contributed by atoms with van der Waals surface area (Å²) in [5.41, 5.74) is -0.443.